The minimum Gasteiger partial charge on any atom is -0.440 e. The number of benzene rings is 1. The topological polar surface area (TPSA) is 82.6 Å². The molecule has 2 aromatic rings. The van der Waals surface area contributed by atoms with Crippen LogP contribution in [0.3, 0.4) is 0 Å². The Bertz CT molecular complexity index is 847. The zero-order valence-corrected chi connectivity index (χ0v) is 15.9. The average molecular weight is 362 g/mol. The summed E-state index contributed by atoms with van der Waals surface area (Å²) in [4.78, 5) is 27.8. The van der Waals surface area contributed by atoms with E-state index < -0.39 is 11.2 Å². The van der Waals surface area contributed by atoms with Crippen molar-refractivity contribution < 1.29 is 14.2 Å². The van der Waals surface area contributed by atoms with Gasteiger partial charge in [-0.2, -0.15) is 0 Å². The van der Waals surface area contributed by atoms with E-state index in [9.17, 15) is 9.59 Å². The summed E-state index contributed by atoms with van der Waals surface area (Å²) >= 11 is 0. The number of ether oxygens (including phenoxy) is 3. The van der Waals surface area contributed by atoms with Gasteiger partial charge in [0.1, 0.15) is 12.5 Å². The van der Waals surface area contributed by atoms with Crippen molar-refractivity contribution in [1.82, 2.24) is 9.55 Å². The molecule has 7 nitrogen and oxygen atoms in total. The second-order valence-electron chi connectivity index (χ2n) is 6.52. The number of nitrogens with zero attached hydrogens (tertiary/aromatic N) is 1. The third-order valence-corrected chi connectivity index (χ3v) is 3.83. The van der Waals surface area contributed by atoms with Gasteiger partial charge in [0.15, 0.2) is 0 Å². The molecule has 26 heavy (non-hydrogen) atoms. The van der Waals surface area contributed by atoms with Crippen molar-refractivity contribution in [1.29, 1.82) is 0 Å². The second kappa shape index (κ2) is 8.82. The Hall–Kier alpha value is -2.38. The molecular weight excluding hydrogens is 336 g/mol. The van der Waals surface area contributed by atoms with Crippen LogP contribution in [-0.2, 0) is 16.2 Å². The fourth-order valence-corrected chi connectivity index (χ4v) is 2.68. The number of H-pyrrole nitrogens is 1. The van der Waals surface area contributed by atoms with Crippen LogP contribution in [0.15, 0.2) is 27.8 Å². The molecule has 2 rings (SSSR count). The van der Waals surface area contributed by atoms with E-state index in [1.807, 2.05) is 45.9 Å². The molecule has 7 heteroatoms. The smallest absolute Gasteiger partial charge is 0.333 e. The summed E-state index contributed by atoms with van der Waals surface area (Å²) in [6.45, 7) is 8.21. The molecule has 1 aromatic heterocycles. The van der Waals surface area contributed by atoms with E-state index in [0.717, 1.165) is 15.7 Å². The normalized spacial score (nSPS) is 11.2. The van der Waals surface area contributed by atoms with Gasteiger partial charge in [0.05, 0.1) is 18.8 Å². The van der Waals surface area contributed by atoms with Gasteiger partial charge in [-0.25, -0.2) is 9.36 Å². The summed E-state index contributed by atoms with van der Waals surface area (Å²) in [6, 6.07) is 5.73. The number of nitrogens with one attached hydrogen (secondary N) is 1. The summed E-state index contributed by atoms with van der Waals surface area (Å²) < 4.78 is 17.1. The molecule has 1 heterocycles. The minimum absolute atomic E-state index is 0.134. The first-order valence-corrected chi connectivity index (χ1v) is 8.53. The number of methoxy groups -OCH3 is 1. The Kier molecular flexibility index (Phi) is 6.76. The van der Waals surface area contributed by atoms with E-state index in [0.29, 0.717) is 24.5 Å². The highest BCUT2D eigenvalue weighted by Gasteiger charge is 2.19. The standard InChI is InChI=1S/C19H26N2O5/c1-12(2)16-17(26-15-9-13(3)8-14(4)10-15)20-19(23)21(18(16)22)11-25-7-6-24-5/h8-10,12H,6-7,11H2,1-5H3,(H,20,23). The average Bonchev–Trinajstić information content (AvgIpc) is 2.52. The van der Waals surface area contributed by atoms with Crippen molar-refractivity contribution in [2.45, 2.75) is 40.3 Å². The van der Waals surface area contributed by atoms with E-state index in [1.165, 1.54) is 0 Å². The molecular formula is C19H26N2O5. The van der Waals surface area contributed by atoms with E-state index in [4.69, 9.17) is 14.2 Å². The molecule has 0 aliphatic heterocycles. The van der Waals surface area contributed by atoms with Gasteiger partial charge in [-0.3, -0.25) is 9.78 Å². The number of aryl methyl sites for hydroxylation is 2. The number of aromatic nitrogens is 2. The Balaban J connectivity index is 2.40. The highest BCUT2D eigenvalue weighted by molar-refractivity contribution is 5.37. The van der Waals surface area contributed by atoms with Crippen molar-refractivity contribution in [3.05, 3.63) is 55.7 Å². The molecule has 1 N–H and O–H groups in total. The number of rotatable bonds is 8. The van der Waals surface area contributed by atoms with Gasteiger partial charge < -0.3 is 14.2 Å². The largest absolute Gasteiger partial charge is 0.440 e. The molecule has 0 bridgehead atoms. The fourth-order valence-electron chi connectivity index (χ4n) is 2.68. The maximum absolute atomic E-state index is 12.8. The zero-order valence-electron chi connectivity index (χ0n) is 15.9. The van der Waals surface area contributed by atoms with Crippen LogP contribution in [0.1, 0.15) is 36.5 Å². The molecule has 0 unspecified atom stereocenters. The van der Waals surface area contributed by atoms with Crippen molar-refractivity contribution >= 4 is 0 Å². The first-order chi connectivity index (χ1) is 12.3. The Morgan fingerprint density at radius 1 is 1.08 bits per heavy atom. The van der Waals surface area contributed by atoms with Crippen molar-refractivity contribution in [3.63, 3.8) is 0 Å². The summed E-state index contributed by atoms with van der Waals surface area (Å²) in [5, 5.41) is 0. The number of hydrogen-bond acceptors (Lipinski definition) is 5. The molecule has 0 saturated heterocycles. The molecule has 0 aliphatic carbocycles. The van der Waals surface area contributed by atoms with Crippen LogP contribution < -0.4 is 16.0 Å². The number of aromatic amines is 1. The molecule has 142 valence electrons. The zero-order chi connectivity index (χ0) is 19.3. The van der Waals surface area contributed by atoms with Gasteiger partial charge in [-0.15, -0.1) is 0 Å². The van der Waals surface area contributed by atoms with Crippen molar-refractivity contribution in [2.24, 2.45) is 0 Å². The summed E-state index contributed by atoms with van der Waals surface area (Å²) in [6.07, 6.45) is 0. The molecule has 0 atom stereocenters. The third kappa shape index (κ3) is 4.83. The van der Waals surface area contributed by atoms with Crippen molar-refractivity contribution in [3.8, 4) is 11.6 Å². The van der Waals surface area contributed by atoms with Gasteiger partial charge in [0.2, 0.25) is 5.88 Å². The van der Waals surface area contributed by atoms with Gasteiger partial charge in [-0.1, -0.05) is 19.9 Å². The first-order valence-electron chi connectivity index (χ1n) is 8.53. The molecule has 0 aliphatic rings. The SMILES string of the molecule is COCCOCn1c(=O)[nH]c(Oc2cc(C)cc(C)c2)c(C(C)C)c1=O. The van der Waals surface area contributed by atoms with Crippen LogP contribution in [0.4, 0.5) is 0 Å². The quantitative estimate of drug-likeness (QED) is 0.730. The number of hydrogen-bond donors (Lipinski definition) is 1. The van der Waals surface area contributed by atoms with E-state index >= 15 is 0 Å². The van der Waals surface area contributed by atoms with Crippen LogP contribution in [-0.4, -0.2) is 29.9 Å². The van der Waals surface area contributed by atoms with Crippen molar-refractivity contribution in [2.75, 3.05) is 20.3 Å². The van der Waals surface area contributed by atoms with Crippen LogP contribution in [0.2, 0.25) is 0 Å². The van der Waals surface area contributed by atoms with Crippen LogP contribution in [0, 0.1) is 13.8 Å². The maximum Gasteiger partial charge on any atom is 0.333 e. The highest BCUT2D eigenvalue weighted by atomic mass is 16.5. The molecule has 0 spiro atoms. The van der Waals surface area contributed by atoms with Gasteiger partial charge in [0, 0.05) is 7.11 Å². The molecule has 0 radical (unpaired) electrons. The van der Waals surface area contributed by atoms with Gasteiger partial charge in [0.25, 0.3) is 5.56 Å². The van der Waals surface area contributed by atoms with E-state index in [2.05, 4.69) is 4.98 Å². The predicted molar refractivity (Wildman–Crippen MR) is 99.2 cm³/mol. The van der Waals surface area contributed by atoms with Gasteiger partial charge >= 0.3 is 5.69 Å². The maximum atomic E-state index is 12.8. The summed E-state index contributed by atoms with van der Waals surface area (Å²) in [5.41, 5.74) is 1.48. The summed E-state index contributed by atoms with van der Waals surface area (Å²) in [7, 11) is 1.55. The highest BCUT2D eigenvalue weighted by Crippen LogP contribution is 2.26. The second-order valence-corrected chi connectivity index (χ2v) is 6.52. The Morgan fingerprint density at radius 2 is 1.73 bits per heavy atom. The lowest BCUT2D eigenvalue weighted by molar-refractivity contribution is 0.0304. The molecule has 0 fully saturated rings. The minimum atomic E-state index is -0.573. The third-order valence-electron chi connectivity index (χ3n) is 3.83. The summed E-state index contributed by atoms with van der Waals surface area (Å²) in [5.74, 6) is 0.618. The van der Waals surface area contributed by atoms with Gasteiger partial charge in [-0.05, 0) is 43.0 Å². The first kappa shape index (κ1) is 19.9. The predicted octanol–water partition coefficient (Wildman–Crippen LogP) is 2.69. The lowest BCUT2D eigenvalue weighted by Crippen LogP contribution is -2.38. The molecule has 0 amide bonds. The van der Waals surface area contributed by atoms with Crippen LogP contribution in [0.25, 0.3) is 0 Å². The van der Waals surface area contributed by atoms with E-state index in [-0.39, 0.29) is 18.5 Å². The monoisotopic (exact) mass is 362 g/mol. The Morgan fingerprint density at radius 3 is 2.31 bits per heavy atom. The lowest BCUT2D eigenvalue weighted by atomic mass is 10.1. The fraction of sp³-hybridized carbons (Fsp3) is 0.474. The molecule has 0 saturated carbocycles. The van der Waals surface area contributed by atoms with E-state index in [1.54, 1.807) is 7.11 Å². The van der Waals surface area contributed by atoms with Crippen LogP contribution in [0.5, 0.6) is 11.6 Å². The lowest BCUT2D eigenvalue weighted by Gasteiger charge is -2.15. The molecule has 1 aromatic carbocycles. The Labute approximate surface area is 152 Å². The van der Waals surface area contributed by atoms with Crippen LogP contribution >= 0.6 is 0 Å².